The Labute approximate surface area is 124 Å². The number of amides is 2. The van der Waals surface area contributed by atoms with Crippen LogP contribution in [0.1, 0.15) is 18.9 Å². The zero-order valence-electron chi connectivity index (χ0n) is 12.3. The number of carboxylic acid groups (broad SMARTS) is 1. The molecule has 4 N–H and O–H groups in total. The lowest BCUT2D eigenvalue weighted by Gasteiger charge is -2.15. The van der Waals surface area contributed by atoms with Crippen LogP contribution < -0.4 is 16.0 Å². The van der Waals surface area contributed by atoms with Gasteiger partial charge in [0.15, 0.2) is 0 Å². The molecule has 0 unspecified atom stereocenters. The molecule has 1 atom stereocenters. The SMILES string of the molecule is CCNCCCNC(=O)N[C@@H](Cc1ccccc1)C(=O)O. The van der Waals surface area contributed by atoms with Crippen LogP contribution >= 0.6 is 0 Å². The number of hydrogen-bond acceptors (Lipinski definition) is 3. The zero-order valence-corrected chi connectivity index (χ0v) is 12.3. The van der Waals surface area contributed by atoms with Crippen molar-refractivity contribution in [3.8, 4) is 0 Å². The summed E-state index contributed by atoms with van der Waals surface area (Å²) in [5.41, 5.74) is 0.873. The first-order chi connectivity index (χ1) is 10.1. The van der Waals surface area contributed by atoms with Gasteiger partial charge < -0.3 is 21.1 Å². The van der Waals surface area contributed by atoms with E-state index in [0.717, 1.165) is 25.1 Å². The predicted octanol–water partition coefficient (Wildman–Crippen LogP) is 0.981. The number of rotatable bonds is 9. The van der Waals surface area contributed by atoms with Gasteiger partial charge in [-0.2, -0.15) is 0 Å². The first-order valence-electron chi connectivity index (χ1n) is 7.15. The van der Waals surface area contributed by atoms with Gasteiger partial charge in [0.2, 0.25) is 0 Å². The van der Waals surface area contributed by atoms with E-state index >= 15 is 0 Å². The molecule has 0 spiro atoms. The van der Waals surface area contributed by atoms with E-state index in [1.165, 1.54) is 0 Å². The molecular formula is C15H23N3O3. The minimum atomic E-state index is -1.04. The van der Waals surface area contributed by atoms with Gasteiger partial charge in [-0.1, -0.05) is 37.3 Å². The molecule has 0 aliphatic carbocycles. The fraction of sp³-hybridized carbons (Fsp3) is 0.467. The molecule has 1 aromatic rings. The molecule has 116 valence electrons. The maximum Gasteiger partial charge on any atom is 0.326 e. The highest BCUT2D eigenvalue weighted by Crippen LogP contribution is 2.03. The molecule has 21 heavy (non-hydrogen) atoms. The first-order valence-corrected chi connectivity index (χ1v) is 7.15. The molecule has 0 aliphatic heterocycles. The molecular weight excluding hydrogens is 270 g/mol. The van der Waals surface area contributed by atoms with Crippen LogP contribution in [0.5, 0.6) is 0 Å². The Balaban J connectivity index is 2.36. The Morgan fingerprint density at radius 1 is 1.19 bits per heavy atom. The molecule has 1 aromatic carbocycles. The van der Waals surface area contributed by atoms with Gasteiger partial charge in [0.1, 0.15) is 6.04 Å². The molecule has 0 bridgehead atoms. The third-order valence-corrected chi connectivity index (χ3v) is 2.95. The van der Waals surface area contributed by atoms with E-state index < -0.39 is 18.0 Å². The van der Waals surface area contributed by atoms with E-state index in [0.29, 0.717) is 6.54 Å². The van der Waals surface area contributed by atoms with Gasteiger partial charge >= 0.3 is 12.0 Å². The van der Waals surface area contributed by atoms with Gasteiger partial charge in [0, 0.05) is 13.0 Å². The molecule has 0 saturated carbocycles. The fourth-order valence-corrected chi connectivity index (χ4v) is 1.85. The van der Waals surface area contributed by atoms with Crippen LogP contribution in [-0.4, -0.2) is 42.8 Å². The molecule has 2 amide bonds. The Kier molecular flexibility index (Phi) is 7.89. The third kappa shape index (κ3) is 7.31. The Bertz CT molecular complexity index is 437. The van der Waals surface area contributed by atoms with Crippen molar-refractivity contribution >= 4 is 12.0 Å². The molecule has 0 saturated heterocycles. The van der Waals surface area contributed by atoms with Crippen LogP contribution in [0.4, 0.5) is 4.79 Å². The van der Waals surface area contributed by atoms with Gasteiger partial charge in [0.25, 0.3) is 0 Å². The normalized spacial score (nSPS) is 11.7. The second-order valence-corrected chi connectivity index (χ2v) is 4.69. The smallest absolute Gasteiger partial charge is 0.326 e. The lowest BCUT2D eigenvalue weighted by molar-refractivity contribution is -0.139. The third-order valence-electron chi connectivity index (χ3n) is 2.95. The number of benzene rings is 1. The molecule has 0 aliphatic rings. The van der Waals surface area contributed by atoms with E-state index in [-0.39, 0.29) is 6.42 Å². The van der Waals surface area contributed by atoms with E-state index in [4.69, 9.17) is 0 Å². The molecule has 0 fully saturated rings. The number of carboxylic acids is 1. The summed E-state index contributed by atoms with van der Waals surface area (Å²) < 4.78 is 0. The Morgan fingerprint density at radius 3 is 2.52 bits per heavy atom. The van der Waals surface area contributed by atoms with Crippen LogP contribution in [0.2, 0.25) is 0 Å². The van der Waals surface area contributed by atoms with Gasteiger partial charge in [-0.05, 0) is 25.1 Å². The highest BCUT2D eigenvalue weighted by atomic mass is 16.4. The van der Waals surface area contributed by atoms with Crippen molar-refractivity contribution in [1.82, 2.24) is 16.0 Å². The highest BCUT2D eigenvalue weighted by Gasteiger charge is 2.19. The van der Waals surface area contributed by atoms with E-state index in [2.05, 4.69) is 16.0 Å². The first kappa shape index (κ1) is 17.0. The van der Waals surface area contributed by atoms with Crippen molar-refractivity contribution in [2.24, 2.45) is 0 Å². The number of carbonyl (C=O) groups is 2. The monoisotopic (exact) mass is 293 g/mol. The zero-order chi connectivity index (χ0) is 15.5. The Morgan fingerprint density at radius 2 is 1.90 bits per heavy atom. The predicted molar refractivity (Wildman–Crippen MR) is 81.3 cm³/mol. The average Bonchev–Trinajstić information content (AvgIpc) is 2.47. The molecule has 6 nitrogen and oxygen atoms in total. The summed E-state index contributed by atoms with van der Waals surface area (Å²) in [6.45, 7) is 4.24. The summed E-state index contributed by atoms with van der Waals surface area (Å²) in [4.78, 5) is 22.9. The summed E-state index contributed by atoms with van der Waals surface area (Å²) in [5, 5.41) is 17.5. The molecule has 0 radical (unpaired) electrons. The van der Waals surface area contributed by atoms with Crippen molar-refractivity contribution in [2.45, 2.75) is 25.8 Å². The van der Waals surface area contributed by atoms with Crippen molar-refractivity contribution in [3.05, 3.63) is 35.9 Å². The summed E-state index contributed by atoms with van der Waals surface area (Å²) in [7, 11) is 0. The second kappa shape index (κ2) is 9.77. The van der Waals surface area contributed by atoms with Gasteiger partial charge in [0.05, 0.1) is 0 Å². The fourth-order valence-electron chi connectivity index (χ4n) is 1.85. The lowest BCUT2D eigenvalue weighted by atomic mass is 10.1. The van der Waals surface area contributed by atoms with Crippen molar-refractivity contribution in [3.63, 3.8) is 0 Å². The lowest BCUT2D eigenvalue weighted by Crippen LogP contribution is -2.47. The van der Waals surface area contributed by atoms with E-state index in [9.17, 15) is 14.7 Å². The van der Waals surface area contributed by atoms with Crippen LogP contribution in [0.3, 0.4) is 0 Å². The van der Waals surface area contributed by atoms with Crippen LogP contribution in [-0.2, 0) is 11.2 Å². The number of urea groups is 1. The summed E-state index contributed by atoms with van der Waals surface area (Å²) in [6.07, 6.45) is 1.07. The molecule has 0 heterocycles. The number of nitrogens with one attached hydrogen (secondary N) is 3. The number of hydrogen-bond donors (Lipinski definition) is 4. The van der Waals surface area contributed by atoms with Crippen LogP contribution in [0.15, 0.2) is 30.3 Å². The van der Waals surface area contributed by atoms with Crippen LogP contribution in [0.25, 0.3) is 0 Å². The summed E-state index contributed by atoms with van der Waals surface area (Å²) in [5.74, 6) is -1.04. The van der Waals surface area contributed by atoms with Gasteiger partial charge in [-0.15, -0.1) is 0 Å². The van der Waals surface area contributed by atoms with Gasteiger partial charge in [-0.3, -0.25) is 0 Å². The van der Waals surface area contributed by atoms with Crippen molar-refractivity contribution < 1.29 is 14.7 Å². The second-order valence-electron chi connectivity index (χ2n) is 4.69. The molecule has 0 aromatic heterocycles. The minimum Gasteiger partial charge on any atom is -0.480 e. The summed E-state index contributed by atoms with van der Waals surface area (Å²) >= 11 is 0. The van der Waals surface area contributed by atoms with E-state index in [1.54, 1.807) is 0 Å². The van der Waals surface area contributed by atoms with Crippen molar-refractivity contribution in [1.29, 1.82) is 0 Å². The van der Waals surface area contributed by atoms with Crippen LogP contribution in [0, 0.1) is 0 Å². The molecule has 1 rings (SSSR count). The largest absolute Gasteiger partial charge is 0.480 e. The topological polar surface area (TPSA) is 90.5 Å². The standard InChI is InChI=1S/C15H23N3O3/c1-2-16-9-6-10-17-15(21)18-13(14(19)20)11-12-7-4-3-5-8-12/h3-5,7-8,13,16H,2,6,9-11H2,1H3,(H,19,20)(H2,17,18,21)/t13-/m0/s1. The van der Waals surface area contributed by atoms with Crippen molar-refractivity contribution in [2.75, 3.05) is 19.6 Å². The quantitative estimate of drug-likeness (QED) is 0.511. The Hall–Kier alpha value is -2.08. The number of aliphatic carboxylic acids is 1. The maximum atomic E-state index is 11.7. The minimum absolute atomic E-state index is 0.265. The molecule has 6 heteroatoms. The average molecular weight is 293 g/mol. The highest BCUT2D eigenvalue weighted by molar-refractivity contribution is 5.82. The maximum absolute atomic E-state index is 11.7. The van der Waals surface area contributed by atoms with Gasteiger partial charge in [-0.25, -0.2) is 9.59 Å². The number of carbonyl (C=O) groups excluding carboxylic acids is 1. The van der Waals surface area contributed by atoms with E-state index in [1.807, 2.05) is 37.3 Å². The summed E-state index contributed by atoms with van der Waals surface area (Å²) in [6, 6.07) is 7.85.